The molecule has 0 aliphatic heterocycles. The molecule has 0 nitrogen and oxygen atoms in total. The first kappa shape index (κ1) is 6.76. The van der Waals surface area contributed by atoms with E-state index in [1.165, 1.54) is 4.28 Å². The van der Waals surface area contributed by atoms with Crippen LogP contribution < -0.4 is 0 Å². The first-order chi connectivity index (χ1) is 3.80. The molecule has 3 heteroatoms. The van der Waals surface area contributed by atoms with Gasteiger partial charge in [0.25, 0.3) is 0 Å². The van der Waals surface area contributed by atoms with Crippen LogP contribution in [-0.2, 0) is 13.2 Å². The maximum absolute atomic E-state index is 5.69. The van der Waals surface area contributed by atoms with Crippen LogP contribution in [0.5, 0.6) is 0 Å². The summed E-state index contributed by atoms with van der Waals surface area (Å²) in [5.74, 6) is 0. The van der Waals surface area contributed by atoms with E-state index in [1.807, 2.05) is 12.2 Å². The summed E-state index contributed by atoms with van der Waals surface area (Å²) < 4.78 is 1.24. The second kappa shape index (κ2) is 2.98. The van der Waals surface area contributed by atoms with Gasteiger partial charge in [-0.3, -0.25) is 0 Å². The zero-order chi connectivity index (χ0) is 5.98. The summed E-state index contributed by atoms with van der Waals surface area (Å²) in [6.07, 6.45) is 7.07. The van der Waals surface area contributed by atoms with E-state index in [0.29, 0.717) is 0 Å². The van der Waals surface area contributed by atoms with Gasteiger partial charge in [0.1, 0.15) is 0 Å². The molecule has 0 unspecified atom stereocenters. The predicted molar refractivity (Wildman–Crippen MR) is 33.5 cm³/mol. The fourth-order valence-electron chi connectivity index (χ4n) is 0.561. The predicted octanol–water partition coefficient (Wildman–Crippen LogP) is 2.76. The van der Waals surface area contributed by atoms with Crippen molar-refractivity contribution in [1.29, 1.82) is 0 Å². The van der Waals surface area contributed by atoms with Crippen molar-refractivity contribution in [2.75, 3.05) is 0 Å². The topological polar surface area (TPSA) is 0 Å². The number of rotatable bonds is 1. The Morgan fingerprint density at radius 2 is 2.25 bits per heavy atom. The van der Waals surface area contributed by atoms with Crippen molar-refractivity contribution in [3.63, 3.8) is 0 Å². The molecule has 0 radical (unpaired) electrons. The molecule has 0 atom stereocenters. The molecule has 1 aliphatic carbocycles. The molecular weight excluding hydrogens is 182 g/mol. The molecule has 8 heavy (non-hydrogen) atoms. The molecule has 0 saturated heterocycles. The number of hydrogen-bond donors (Lipinski definition) is 0. The zero-order valence-electron chi connectivity index (χ0n) is 4.14. The van der Waals surface area contributed by atoms with E-state index in [-0.39, 0.29) is 0 Å². The second-order valence-electron chi connectivity index (χ2n) is 1.52. The van der Waals surface area contributed by atoms with Crippen LogP contribution in [0, 0.1) is 0 Å². The fraction of sp³-hybridized carbons (Fsp3) is 0.200. The van der Waals surface area contributed by atoms with Crippen molar-refractivity contribution < 1.29 is 13.2 Å². The minimum absolute atomic E-state index is 0.979. The second-order valence-corrected chi connectivity index (χ2v) is 6.65. The van der Waals surface area contributed by atoms with Gasteiger partial charge < -0.3 is 0 Å². The van der Waals surface area contributed by atoms with Crippen LogP contribution in [0.2, 0.25) is 0 Å². The van der Waals surface area contributed by atoms with E-state index in [4.69, 9.17) is 19.7 Å². The monoisotopic (exact) mass is 186 g/mol. The number of hydrogen-bond acceptors (Lipinski definition) is 0. The third-order valence-corrected chi connectivity index (χ3v) is 3.96. The average molecular weight is 187 g/mol. The molecule has 1 aliphatic rings. The molecule has 0 bridgehead atoms. The van der Waals surface area contributed by atoms with Gasteiger partial charge in [-0.1, -0.05) is 0 Å². The first-order valence-electron chi connectivity index (χ1n) is 2.28. The van der Waals surface area contributed by atoms with Crippen LogP contribution in [-0.4, -0.2) is 0 Å². The van der Waals surface area contributed by atoms with E-state index in [2.05, 4.69) is 6.08 Å². The summed E-state index contributed by atoms with van der Waals surface area (Å²) in [4.78, 5) is 0. The van der Waals surface area contributed by atoms with Crippen LogP contribution in [0.15, 0.2) is 22.5 Å². The van der Waals surface area contributed by atoms with Gasteiger partial charge in [0.2, 0.25) is 0 Å². The van der Waals surface area contributed by atoms with Crippen LogP contribution in [0.25, 0.3) is 0 Å². The van der Waals surface area contributed by atoms with Crippen molar-refractivity contribution in [2.45, 2.75) is 6.42 Å². The summed E-state index contributed by atoms with van der Waals surface area (Å²) in [5, 5.41) is 0. The Bertz CT molecular complexity index is 137. The summed E-state index contributed by atoms with van der Waals surface area (Å²) >= 11 is -1.54. The third-order valence-electron chi connectivity index (χ3n) is 0.969. The SMILES string of the molecule is [Cl][V]([Cl])[C]1=CC=CC1. The molecule has 44 valence electrons. The van der Waals surface area contributed by atoms with Gasteiger partial charge in [0.05, 0.1) is 0 Å². The Labute approximate surface area is 61.9 Å². The van der Waals surface area contributed by atoms with Gasteiger partial charge in [-0.15, -0.1) is 0 Å². The molecule has 0 aromatic rings. The molecule has 1 rings (SSSR count). The third kappa shape index (κ3) is 1.56. The van der Waals surface area contributed by atoms with Gasteiger partial charge in [-0.2, -0.15) is 0 Å². The zero-order valence-corrected chi connectivity index (χ0v) is 7.05. The van der Waals surface area contributed by atoms with Crippen LogP contribution in [0.4, 0.5) is 0 Å². The van der Waals surface area contributed by atoms with E-state index in [9.17, 15) is 0 Å². The normalized spacial score (nSPS) is 17.6. The van der Waals surface area contributed by atoms with Crippen LogP contribution in [0.3, 0.4) is 0 Å². The maximum atomic E-state index is 5.69. The Morgan fingerprint density at radius 1 is 1.50 bits per heavy atom. The Hall–Kier alpha value is 0.644. The first-order valence-corrected chi connectivity index (χ1v) is 6.82. The quantitative estimate of drug-likeness (QED) is 0.591. The van der Waals surface area contributed by atoms with E-state index < -0.39 is 13.2 Å². The van der Waals surface area contributed by atoms with E-state index >= 15 is 0 Å². The average Bonchev–Trinajstić information content (AvgIpc) is 2.12. The molecule has 0 aromatic heterocycles. The van der Waals surface area contributed by atoms with Gasteiger partial charge in [-0.25, -0.2) is 0 Å². The number of halogens is 2. The minimum atomic E-state index is -1.54. The molecular formula is C5H5Cl2V. The summed E-state index contributed by atoms with van der Waals surface area (Å²) in [5.41, 5.74) is 0. The molecule has 0 fully saturated rings. The van der Waals surface area contributed by atoms with Crippen molar-refractivity contribution in [3.05, 3.63) is 22.5 Å². The molecule has 0 aromatic carbocycles. The Balaban J connectivity index is 2.51. The van der Waals surface area contributed by atoms with Crippen molar-refractivity contribution in [2.24, 2.45) is 0 Å². The Kier molecular flexibility index (Phi) is 2.52. The van der Waals surface area contributed by atoms with Gasteiger partial charge in [0.15, 0.2) is 0 Å². The van der Waals surface area contributed by atoms with E-state index in [1.54, 1.807) is 0 Å². The van der Waals surface area contributed by atoms with Crippen LogP contribution in [0.1, 0.15) is 6.42 Å². The van der Waals surface area contributed by atoms with Crippen molar-refractivity contribution in [1.82, 2.24) is 0 Å². The van der Waals surface area contributed by atoms with Gasteiger partial charge >= 0.3 is 61.9 Å². The van der Waals surface area contributed by atoms with Crippen LogP contribution >= 0.6 is 19.7 Å². The molecule has 0 amide bonds. The van der Waals surface area contributed by atoms with Gasteiger partial charge in [-0.05, 0) is 0 Å². The molecule has 0 heterocycles. The number of allylic oxidation sites excluding steroid dienone is 4. The van der Waals surface area contributed by atoms with Crippen molar-refractivity contribution >= 4 is 19.7 Å². The molecule has 0 saturated carbocycles. The molecule has 0 N–H and O–H groups in total. The Morgan fingerprint density at radius 3 is 2.50 bits per heavy atom. The van der Waals surface area contributed by atoms with E-state index in [0.717, 1.165) is 6.42 Å². The fourth-order valence-corrected chi connectivity index (χ4v) is 2.29. The van der Waals surface area contributed by atoms with Gasteiger partial charge in [0, 0.05) is 0 Å². The summed E-state index contributed by atoms with van der Waals surface area (Å²) in [6, 6.07) is 0. The molecule has 0 spiro atoms. The summed E-state index contributed by atoms with van der Waals surface area (Å²) in [6.45, 7) is 0. The summed E-state index contributed by atoms with van der Waals surface area (Å²) in [7, 11) is 11.4. The van der Waals surface area contributed by atoms with Crippen molar-refractivity contribution in [3.8, 4) is 0 Å². The standard InChI is InChI=1S/C5H5.2ClH.V/c1-2-4-5-3-1;;;/h1-3H,4H2;2*1H;/q;;;+2/p-2.